The Morgan fingerprint density at radius 3 is 1.43 bits per heavy atom. The topological polar surface area (TPSA) is 140 Å². The van der Waals surface area contributed by atoms with Crippen molar-refractivity contribution in [2.24, 2.45) is 27.1 Å². The van der Waals surface area contributed by atoms with Crippen molar-refractivity contribution in [3.63, 3.8) is 0 Å². The summed E-state index contributed by atoms with van der Waals surface area (Å²) in [5, 5.41) is 16.7. The van der Waals surface area contributed by atoms with E-state index in [1.165, 1.54) is 53.4 Å². The zero-order valence-electron chi connectivity index (χ0n) is 42.1. The van der Waals surface area contributed by atoms with Crippen LogP contribution in [0.25, 0.3) is 0 Å². The molecule has 2 aliphatic rings. The molecule has 0 radical (unpaired) electrons. The number of hydrogen-bond donors (Lipinski definition) is 0. The summed E-state index contributed by atoms with van der Waals surface area (Å²) in [5.41, 5.74) is 10.6. The molecule has 8 aromatic rings. The fourth-order valence-electron chi connectivity index (χ4n) is 4.90. The van der Waals surface area contributed by atoms with Crippen LogP contribution >= 0.6 is 11.3 Å². The van der Waals surface area contributed by atoms with Crippen LogP contribution in [0.2, 0.25) is 0 Å². The smallest absolute Gasteiger partial charge is 0.180 e. The van der Waals surface area contributed by atoms with Gasteiger partial charge in [-0.25, -0.2) is 9.97 Å². The van der Waals surface area contributed by atoms with Gasteiger partial charge in [0.2, 0.25) is 0 Å². The maximum atomic E-state index is 5.14. The molecule has 67 heavy (non-hydrogen) atoms. The highest BCUT2D eigenvalue weighted by molar-refractivity contribution is 7.07. The summed E-state index contributed by atoms with van der Waals surface area (Å²) in [5.74, 6) is 0.911. The Balaban J connectivity index is 0.000000373. The first kappa shape index (κ1) is 58.9. The predicted octanol–water partition coefficient (Wildman–Crippen LogP) is 10.5. The van der Waals surface area contributed by atoms with Crippen molar-refractivity contribution in [2.75, 3.05) is 46.6 Å². The number of aryl methyl sites for hydroxylation is 10. The van der Waals surface area contributed by atoms with Crippen molar-refractivity contribution in [3.8, 4) is 0 Å². The molecule has 10 rings (SSSR count). The normalized spacial score (nSPS) is 12.4. The van der Waals surface area contributed by atoms with Crippen molar-refractivity contribution < 1.29 is 13.9 Å². The quantitative estimate of drug-likeness (QED) is 0.144. The number of nitrogens with zero attached hydrogens (tertiary/aromatic N) is 11. The highest BCUT2D eigenvalue weighted by Gasteiger charge is 2.06. The van der Waals surface area contributed by atoms with Gasteiger partial charge in [0.15, 0.2) is 6.39 Å². The monoisotopic (exact) mass is 936 g/mol. The van der Waals surface area contributed by atoms with E-state index in [0.717, 1.165) is 56.8 Å². The van der Waals surface area contributed by atoms with Gasteiger partial charge >= 0.3 is 0 Å². The average molecular weight is 936 g/mol. The summed E-state index contributed by atoms with van der Waals surface area (Å²) in [7, 11) is 7.66. The van der Waals surface area contributed by atoms with Crippen molar-refractivity contribution >= 4 is 11.3 Å². The lowest BCUT2D eigenvalue weighted by atomic mass is 10.0. The summed E-state index contributed by atoms with van der Waals surface area (Å²) in [6.45, 7) is 22.7. The Bertz CT molecular complexity index is 1950. The largest absolute Gasteiger partial charge is 0.452 e. The van der Waals surface area contributed by atoms with Crippen molar-refractivity contribution in [1.29, 1.82) is 0 Å². The van der Waals surface area contributed by atoms with Crippen molar-refractivity contribution in [1.82, 2.24) is 54.4 Å². The van der Waals surface area contributed by atoms with Gasteiger partial charge in [-0.05, 0) is 91.5 Å². The van der Waals surface area contributed by atoms with Gasteiger partial charge in [0.25, 0.3) is 0 Å². The molecule has 3 aromatic carbocycles. The van der Waals surface area contributed by atoms with Crippen LogP contribution in [0.5, 0.6) is 0 Å². The third kappa shape index (κ3) is 36.7. The highest BCUT2D eigenvalue weighted by Crippen LogP contribution is 2.12. The number of oxazole rings is 1. The molecule has 0 bridgehead atoms. The van der Waals surface area contributed by atoms with Crippen molar-refractivity contribution in [2.45, 2.75) is 68.2 Å². The Labute approximate surface area is 405 Å². The summed E-state index contributed by atoms with van der Waals surface area (Å²) >= 11 is 1.63. The standard InChI is InChI=1S/2C8H10.C7H8.C6H12O.C5H11NO.C4H6N2.C4H5NO.C4H5NS.2C3H5N3/c1-7-4-3-5-8(2)6-7;1-7-5-3-4-6-8(7)2;1-7-5-3-2-4-6-7;2*1-6-2-4-7-5-3-6;1-6-4-2-3-5-6;2*1-4-2-6-3-5-4;1-6-3-4-2-5-6;1-6-3-2-4-5-6/h2*3-6H,1-2H3;2-6H,1H3;6H,2-5H2,1H3;2-5H2,1H3;2-4H,1H3;4*2-3H,1H3. The first-order valence-electron chi connectivity index (χ1n) is 22.4. The molecule has 7 heterocycles. The van der Waals surface area contributed by atoms with E-state index in [-0.39, 0.29) is 0 Å². The molecule has 0 unspecified atom stereocenters. The summed E-state index contributed by atoms with van der Waals surface area (Å²) in [6.07, 6.45) is 15.7. The predicted molar refractivity (Wildman–Crippen MR) is 274 cm³/mol. The lowest BCUT2D eigenvalue weighted by Gasteiger charge is -2.21. The Morgan fingerprint density at radius 2 is 1.21 bits per heavy atom. The Morgan fingerprint density at radius 1 is 0.597 bits per heavy atom. The van der Waals surface area contributed by atoms with Crippen LogP contribution < -0.4 is 0 Å². The highest BCUT2D eigenvalue weighted by atomic mass is 32.1. The van der Waals surface area contributed by atoms with Gasteiger partial charge in [0.1, 0.15) is 18.9 Å². The number of likely N-dealkylation sites (N-methyl/N-ethyl adjacent to an activating group) is 1. The molecule has 14 nitrogen and oxygen atoms in total. The fraction of sp³-hybridized carbons (Fsp3) is 0.404. The Kier molecular flexibility index (Phi) is 34.3. The SMILES string of the molecule is CC1CCOCC1.CN1CCOCC1.Cc1cccc(C)c1.Cc1ccccc1.Cc1ccccc1C.Cc1cocn1.Cc1cscn1.Cn1cccn1.Cn1ccnn1.Cn1cncn1. The number of aromatic nitrogens is 10. The fourth-order valence-corrected chi connectivity index (χ4v) is 5.45. The summed E-state index contributed by atoms with van der Waals surface area (Å²) < 4.78 is 19.9. The molecule has 0 aliphatic carbocycles. The second-order valence-corrected chi connectivity index (χ2v) is 16.4. The minimum Gasteiger partial charge on any atom is -0.452 e. The number of benzene rings is 3. The van der Waals surface area contributed by atoms with E-state index in [2.05, 4.69) is 154 Å². The van der Waals surface area contributed by atoms with Gasteiger partial charge in [-0.3, -0.25) is 19.0 Å². The van der Waals surface area contributed by atoms with Crippen LogP contribution in [0, 0.1) is 54.4 Å². The van der Waals surface area contributed by atoms with Crippen LogP contribution in [0.4, 0.5) is 0 Å². The van der Waals surface area contributed by atoms with Crippen LogP contribution in [0.1, 0.15) is 59.0 Å². The van der Waals surface area contributed by atoms with Crippen LogP contribution in [0.3, 0.4) is 0 Å². The zero-order valence-corrected chi connectivity index (χ0v) is 43.0. The molecular weight excluding hydrogens is 859 g/mol. The minimum atomic E-state index is 0.911. The molecule has 364 valence electrons. The van der Waals surface area contributed by atoms with Crippen molar-refractivity contribution in [3.05, 3.63) is 185 Å². The molecule has 2 fully saturated rings. The molecule has 5 aromatic heterocycles. The maximum absolute atomic E-state index is 5.14. The molecule has 2 saturated heterocycles. The zero-order chi connectivity index (χ0) is 49.3. The number of ether oxygens (including phenoxy) is 2. The third-order valence-corrected chi connectivity index (χ3v) is 9.81. The third-order valence-electron chi connectivity index (χ3n) is 9.11. The number of morpholine rings is 1. The first-order chi connectivity index (χ1) is 32.2. The van der Waals surface area contributed by atoms with Crippen LogP contribution in [-0.2, 0) is 30.6 Å². The van der Waals surface area contributed by atoms with Crippen LogP contribution in [0.15, 0.2) is 150 Å². The van der Waals surface area contributed by atoms with Gasteiger partial charge < -0.3 is 18.8 Å². The molecule has 0 saturated carbocycles. The van der Waals surface area contributed by atoms with Gasteiger partial charge in [0, 0.05) is 77.1 Å². The average Bonchev–Trinajstić information content (AvgIpc) is 4.20. The molecule has 0 amide bonds. The van der Waals surface area contributed by atoms with Gasteiger partial charge in [-0.15, -0.1) is 16.4 Å². The molecule has 15 heteroatoms. The van der Waals surface area contributed by atoms with E-state index in [4.69, 9.17) is 9.47 Å². The van der Waals surface area contributed by atoms with E-state index in [0.29, 0.717) is 0 Å². The van der Waals surface area contributed by atoms with Gasteiger partial charge in [0.05, 0.1) is 30.6 Å². The second-order valence-electron chi connectivity index (χ2n) is 15.7. The minimum absolute atomic E-state index is 0.911. The first-order valence-corrected chi connectivity index (χ1v) is 23.3. The number of rotatable bonds is 0. The molecule has 2 aliphatic heterocycles. The molecule has 0 N–H and O–H groups in total. The maximum Gasteiger partial charge on any atom is 0.180 e. The molecule has 0 spiro atoms. The number of hydrogen-bond acceptors (Lipinski definition) is 12. The van der Waals surface area contributed by atoms with E-state index >= 15 is 0 Å². The lowest BCUT2D eigenvalue weighted by Crippen LogP contribution is -2.32. The molecule has 0 atom stereocenters. The number of thiazole rings is 1. The lowest BCUT2D eigenvalue weighted by molar-refractivity contribution is 0.0503. The van der Waals surface area contributed by atoms with E-state index in [1.807, 2.05) is 76.3 Å². The van der Waals surface area contributed by atoms with E-state index < -0.39 is 0 Å². The van der Waals surface area contributed by atoms with E-state index in [9.17, 15) is 0 Å². The van der Waals surface area contributed by atoms with Gasteiger partial charge in [-0.2, -0.15) is 10.2 Å². The summed E-state index contributed by atoms with van der Waals surface area (Å²) in [6, 6.07) is 29.0. The van der Waals surface area contributed by atoms with Gasteiger partial charge in [-0.1, -0.05) is 108 Å². The Hall–Kier alpha value is -6.13. The van der Waals surface area contributed by atoms with E-state index in [1.54, 1.807) is 56.6 Å². The summed E-state index contributed by atoms with van der Waals surface area (Å²) in [4.78, 5) is 13.6. The second kappa shape index (κ2) is 39.1. The molecular formula is C52H77N11O3S. The van der Waals surface area contributed by atoms with Crippen LogP contribution in [-0.4, -0.2) is 101 Å².